The summed E-state index contributed by atoms with van der Waals surface area (Å²) in [6.07, 6.45) is 1.68. The Hall–Kier alpha value is -3.13. The van der Waals surface area contributed by atoms with E-state index in [1.807, 2.05) is 37.3 Å². The van der Waals surface area contributed by atoms with E-state index in [1.54, 1.807) is 20.7 Å². The van der Waals surface area contributed by atoms with E-state index >= 15 is 0 Å². The van der Waals surface area contributed by atoms with Crippen molar-refractivity contribution in [2.75, 3.05) is 32.8 Å². The van der Waals surface area contributed by atoms with Crippen molar-refractivity contribution < 1.29 is 18.7 Å². The summed E-state index contributed by atoms with van der Waals surface area (Å²) in [5.41, 5.74) is 2.35. The molecule has 0 N–H and O–H groups in total. The molecule has 29 heavy (non-hydrogen) atoms. The normalized spacial score (nSPS) is 19.4. The maximum absolute atomic E-state index is 13.3. The molecule has 4 heterocycles. The molecule has 2 aliphatic heterocycles. The molecule has 5 rings (SSSR count). The number of furan rings is 1. The highest BCUT2D eigenvalue weighted by Crippen LogP contribution is 2.29. The number of para-hydroxylation sites is 1. The van der Waals surface area contributed by atoms with Crippen LogP contribution in [-0.2, 0) is 16.1 Å². The summed E-state index contributed by atoms with van der Waals surface area (Å²) in [7, 11) is 0. The summed E-state index contributed by atoms with van der Waals surface area (Å²) in [6, 6.07) is 8.92. The molecule has 0 bridgehead atoms. The van der Waals surface area contributed by atoms with E-state index in [0.717, 1.165) is 16.6 Å². The average molecular weight is 394 g/mol. The molecule has 3 aromatic rings. The predicted octanol–water partition coefficient (Wildman–Crippen LogP) is 1.99. The van der Waals surface area contributed by atoms with Crippen molar-refractivity contribution in [1.29, 1.82) is 0 Å². The zero-order valence-corrected chi connectivity index (χ0v) is 16.2. The fraction of sp³-hybridized carbons (Fsp3) is 0.381. The third-order valence-electron chi connectivity index (χ3n) is 5.73. The Bertz CT molecular complexity index is 1080. The molecule has 1 aromatic carbocycles. The van der Waals surface area contributed by atoms with Gasteiger partial charge < -0.3 is 19.0 Å². The van der Waals surface area contributed by atoms with Crippen LogP contribution in [0.5, 0.6) is 0 Å². The van der Waals surface area contributed by atoms with E-state index in [9.17, 15) is 9.59 Å². The molecule has 0 spiro atoms. The Morgan fingerprint density at radius 3 is 2.69 bits per heavy atom. The molecule has 1 atom stereocenters. The van der Waals surface area contributed by atoms with Gasteiger partial charge in [0, 0.05) is 30.2 Å². The van der Waals surface area contributed by atoms with E-state index in [4.69, 9.17) is 9.15 Å². The van der Waals surface area contributed by atoms with Gasteiger partial charge in [-0.2, -0.15) is 5.10 Å². The maximum atomic E-state index is 13.3. The number of carbonyl (C=O) groups excluding carboxylic acids is 2. The number of benzene rings is 1. The van der Waals surface area contributed by atoms with Gasteiger partial charge in [0.25, 0.3) is 5.91 Å². The molecule has 0 aliphatic carbocycles. The van der Waals surface area contributed by atoms with Crippen LogP contribution < -0.4 is 0 Å². The lowest BCUT2D eigenvalue weighted by atomic mass is 10.1. The third-order valence-corrected chi connectivity index (χ3v) is 5.73. The Balaban J connectivity index is 1.46. The van der Waals surface area contributed by atoms with Crippen molar-refractivity contribution in [2.24, 2.45) is 0 Å². The first-order chi connectivity index (χ1) is 14.1. The van der Waals surface area contributed by atoms with Gasteiger partial charge in [0.05, 0.1) is 32.0 Å². The monoisotopic (exact) mass is 394 g/mol. The van der Waals surface area contributed by atoms with Gasteiger partial charge in [-0.3, -0.25) is 14.3 Å². The minimum Gasteiger partial charge on any atom is -0.451 e. The number of nitrogens with zero attached hydrogens (tertiary/aromatic N) is 4. The summed E-state index contributed by atoms with van der Waals surface area (Å²) in [5.74, 6) is 0.0970. The number of hydrogen-bond acceptors (Lipinski definition) is 5. The van der Waals surface area contributed by atoms with Crippen molar-refractivity contribution in [1.82, 2.24) is 19.6 Å². The fourth-order valence-corrected chi connectivity index (χ4v) is 4.15. The van der Waals surface area contributed by atoms with Gasteiger partial charge in [-0.25, -0.2) is 0 Å². The third kappa shape index (κ3) is 3.00. The van der Waals surface area contributed by atoms with Gasteiger partial charge in [0.2, 0.25) is 5.91 Å². The molecule has 1 saturated heterocycles. The standard InChI is InChI=1S/C21H22N4O4/c1-14-16-4-2-3-5-18(16)29-19(14)21(27)24-12-15-6-7-22-25(15)17(13-24)20(26)23-8-10-28-11-9-23/h2-7,17H,8-13H2,1H3/t17-/m1/s1. The Kier molecular flexibility index (Phi) is 4.35. The van der Waals surface area contributed by atoms with Gasteiger partial charge in [-0.05, 0) is 19.1 Å². The lowest BCUT2D eigenvalue weighted by molar-refractivity contribution is -0.140. The smallest absolute Gasteiger partial charge is 0.290 e. The predicted molar refractivity (Wildman–Crippen MR) is 104 cm³/mol. The second kappa shape index (κ2) is 7.04. The van der Waals surface area contributed by atoms with Crippen LogP contribution in [0.15, 0.2) is 40.9 Å². The molecule has 2 aromatic heterocycles. The topological polar surface area (TPSA) is 80.8 Å². The van der Waals surface area contributed by atoms with Gasteiger partial charge in [0.1, 0.15) is 11.6 Å². The molecular weight excluding hydrogens is 372 g/mol. The number of amides is 2. The van der Waals surface area contributed by atoms with E-state index in [1.165, 1.54) is 0 Å². The highest BCUT2D eigenvalue weighted by molar-refractivity contribution is 5.99. The molecule has 150 valence electrons. The Morgan fingerprint density at radius 2 is 1.90 bits per heavy atom. The number of hydrogen-bond donors (Lipinski definition) is 0. The second-order valence-electron chi connectivity index (χ2n) is 7.46. The summed E-state index contributed by atoms with van der Waals surface area (Å²) in [4.78, 5) is 30.0. The second-order valence-corrected chi connectivity index (χ2v) is 7.46. The molecule has 2 aliphatic rings. The average Bonchev–Trinajstić information content (AvgIpc) is 3.37. The lowest BCUT2D eigenvalue weighted by Gasteiger charge is -2.36. The number of aryl methyl sites for hydroxylation is 1. The number of ether oxygens (including phenoxy) is 1. The molecule has 8 heteroatoms. The molecule has 0 radical (unpaired) electrons. The van der Waals surface area contributed by atoms with Crippen LogP contribution in [-0.4, -0.2) is 64.2 Å². The summed E-state index contributed by atoms with van der Waals surface area (Å²) in [5, 5.41) is 5.28. The largest absolute Gasteiger partial charge is 0.451 e. The summed E-state index contributed by atoms with van der Waals surface area (Å²) >= 11 is 0. The van der Waals surface area contributed by atoms with Gasteiger partial charge in [0.15, 0.2) is 5.76 Å². The SMILES string of the molecule is Cc1c(C(=O)N2Cc3ccnn3[C@@H](C(=O)N3CCOCC3)C2)oc2ccccc12. The van der Waals surface area contributed by atoms with Gasteiger partial charge in [-0.15, -0.1) is 0 Å². The molecular formula is C21H22N4O4. The molecule has 1 fully saturated rings. The molecule has 0 unspecified atom stereocenters. The first-order valence-corrected chi connectivity index (χ1v) is 9.80. The van der Waals surface area contributed by atoms with Crippen LogP contribution in [0, 0.1) is 6.92 Å². The van der Waals surface area contributed by atoms with E-state index in [0.29, 0.717) is 44.2 Å². The summed E-state index contributed by atoms with van der Waals surface area (Å²) < 4.78 is 13.0. The number of fused-ring (bicyclic) bond motifs is 2. The number of carbonyl (C=O) groups is 2. The van der Waals surface area contributed by atoms with Crippen LogP contribution >= 0.6 is 0 Å². The van der Waals surface area contributed by atoms with Crippen molar-refractivity contribution in [3.05, 3.63) is 53.5 Å². The summed E-state index contributed by atoms with van der Waals surface area (Å²) in [6.45, 7) is 4.73. The van der Waals surface area contributed by atoms with E-state index in [-0.39, 0.29) is 18.4 Å². The minimum atomic E-state index is -0.541. The highest BCUT2D eigenvalue weighted by Gasteiger charge is 2.37. The van der Waals surface area contributed by atoms with Crippen LogP contribution in [0.3, 0.4) is 0 Å². The zero-order chi connectivity index (χ0) is 20.0. The Morgan fingerprint density at radius 1 is 1.10 bits per heavy atom. The molecule has 0 saturated carbocycles. The van der Waals surface area contributed by atoms with Crippen LogP contribution in [0.4, 0.5) is 0 Å². The minimum absolute atomic E-state index is 0.0305. The first-order valence-electron chi connectivity index (χ1n) is 9.80. The molecule has 2 amide bonds. The van der Waals surface area contributed by atoms with Gasteiger partial charge in [-0.1, -0.05) is 18.2 Å². The molecule has 8 nitrogen and oxygen atoms in total. The van der Waals surface area contributed by atoms with Gasteiger partial charge >= 0.3 is 0 Å². The number of aromatic nitrogens is 2. The maximum Gasteiger partial charge on any atom is 0.290 e. The fourth-order valence-electron chi connectivity index (χ4n) is 4.15. The van der Waals surface area contributed by atoms with Crippen molar-refractivity contribution in [2.45, 2.75) is 19.5 Å². The number of rotatable bonds is 2. The van der Waals surface area contributed by atoms with Crippen molar-refractivity contribution in [3.8, 4) is 0 Å². The quantitative estimate of drug-likeness (QED) is 0.664. The van der Waals surface area contributed by atoms with Crippen molar-refractivity contribution >= 4 is 22.8 Å². The van der Waals surface area contributed by atoms with Crippen LogP contribution in [0.25, 0.3) is 11.0 Å². The zero-order valence-electron chi connectivity index (χ0n) is 16.2. The van der Waals surface area contributed by atoms with Crippen molar-refractivity contribution in [3.63, 3.8) is 0 Å². The number of morpholine rings is 1. The first kappa shape index (κ1) is 17.9. The van der Waals surface area contributed by atoms with Crippen LogP contribution in [0.2, 0.25) is 0 Å². The lowest BCUT2D eigenvalue weighted by Crippen LogP contribution is -2.50. The van der Waals surface area contributed by atoms with Crippen LogP contribution in [0.1, 0.15) is 27.9 Å². The Labute approximate surface area is 167 Å². The van der Waals surface area contributed by atoms with E-state index in [2.05, 4.69) is 5.10 Å². The van der Waals surface area contributed by atoms with E-state index < -0.39 is 6.04 Å². The highest BCUT2D eigenvalue weighted by atomic mass is 16.5.